The van der Waals surface area contributed by atoms with Gasteiger partial charge in [-0.3, -0.25) is 9.59 Å². The van der Waals surface area contributed by atoms with Crippen LogP contribution in [0.4, 0.5) is 0 Å². The smallest absolute Gasteiger partial charge is 0.345 e. The maximum absolute atomic E-state index is 12.4. The molecule has 0 N–H and O–H groups in total. The molecule has 0 aliphatic heterocycles. The molecule has 0 radical (unpaired) electrons. The maximum Gasteiger partial charge on any atom is 0.345 e. The number of Topliss-reactive ketones (excluding diaryl/α,β-unsaturated/α-hetero) is 1. The van der Waals surface area contributed by atoms with Crippen molar-refractivity contribution in [2.24, 2.45) is 5.92 Å². The van der Waals surface area contributed by atoms with Crippen LogP contribution < -0.4 is 4.74 Å². The zero-order valence-electron chi connectivity index (χ0n) is 13.8. The third-order valence-electron chi connectivity index (χ3n) is 3.60. The van der Waals surface area contributed by atoms with Gasteiger partial charge in [-0.05, 0) is 18.6 Å². The summed E-state index contributed by atoms with van der Waals surface area (Å²) in [6.45, 7) is 1.61. The Morgan fingerprint density at radius 3 is 2.20 bits per heavy atom. The van der Waals surface area contributed by atoms with Crippen LogP contribution >= 0.6 is 0 Å². The van der Waals surface area contributed by atoms with Crippen LogP contribution in [0.25, 0.3) is 0 Å². The minimum absolute atomic E-state index is 0.0535. The van der Waals surface area contributed by atoms with Crippen molar-refractivity contribution < 1.29 is 26.9 Å². The maximum atomic E-state index is 12.4. The lowest BCUT2D eigenvalue weighted by molar-refractivity contribution is -0.136. The Morgan fingerprint density at radius 1 is 1.00 bits per heavy atom. The molecule has 0 saturated heterocycles. The molecule has 0 heterocycles. The summed E-state index contributed by atoms with van der Waals surface area (Å²) in [6.07, 6.45) is 0.119. The number of carbonyl (C=O) groups is 2. The lowest BCUT2D eigenvalue weighted by atomic mass is 9.95. The summed E-state index contributed by atoms with van der Waals surface area (Å²) in [5, 5.41) is 0. The van der Waals surface area contributed by atoms with Gasteiger partial charge < -0.3 is 8.92 Å². The van der Waals surface area contributed by atoms with Gasteiger partial charge in [0.15, 0.2) is 5.78 Å². The number of methoxy groups -OCH3 is 1. The van der Waals surface area contributed by atoms with Crippen LogP contribution in [0.5, 0.6) is 5.75 Å². The van der Waals surface area contributed by atoms with Gasteiger partial charge in [-0.1, -0.05) is 49.4 Å². The molecule has 0 saturated carbocycles. The number of hydrogen-bond donors (Lipinski definition) is 0. The van der Waals surface area contributed by atoms with E-state index in [-0.39, 0.29) is 17.1 Å². The highest BCUT2D eigenvalue weighted by Crippen LogP contribution is 2.26. The first-order valence-corrected chi connectivity index (χ1v) is 9.02. The SMILES string of the molecule is CCC(C(=O)OS(=O)(=O)c1ccccc1OC)C(=O)c1ccccc1. The van der Waals surface area contributed by atoms with Crippen molar-refractivity contribution in [3.63, 3.8) is 0 Å². The Hall–Kier alpha value is -2.67. The van der Waals surface area contributed by atoms with Gasteiger partial charge in [0.1, 0.15) is 16.6 Å². The number of carbonyl (C=O) groups excluding carboxylic acids is 2. The second kappa shape index (κ2) is 7.94. The lowest BCUT2D eigenvalue weighted by Crippen LogP contribution is -2.28. The Labute approximate surface area is 146 Å². The van der Waals surface area contributed by atoms with Crippen LogP contribution in [0.3, 0.4) is 0 Å². The van der Waals surface area contributed by atoms with Crippen molar-refractivity contribution in [3.05, 3.63) is 60.2 Å². The number of rotatable bonds is 7. The predicted molar refractivity (Wildman–Crippen MR) is 90.8 cm³/mol. The molecule has 132 valence electrons. The first-order valence-electron chi connectivity index (χ1n) is 7.61. The number of para-hydroxylation sites is 1. The van der Waals surface area contributed by atoms with E-state index in [9.17, 15) is 18.0 Å². The Bertz CT molecular complexity index is 858. The van der Waals surface area contributed by atoms with E-state index in [2.05, 4.69) is 0 Å². The van der Waals surface area contributed by atoms with E-state index in [1.54, 1.807) is 43.3 Å². The van der Waals surface area contributed by atoms with Crippen LogP contribution in [-0.2, 0) is 19.1 Å². The van der Waals surface area contributed by atoms with Gasteiger partial charge in [0, 0.05) is 5.56 Å². The fourth-order valence-corrected chi connectivity index (χ4v) is 3.36. The zero-order valence-corrected chi connectivity index (χ0v) is 14.7. The van der Waals surface area contributed by atoms with Crippen LogP contribution in [-0.4, -0.2) is 27.3 Å². The molecule has 0 aromatic heterocycles. The van der Waals surface area contributed by atoms with Crippen molar-refractivity contribution in [3.8, 4) is 5.75 Å². The number of benzene rings is 2. The molecule has 2 aromatic carbocycles. The molecular weight excluding hydrogens is 344 g/mol. The molecule has 1 atom stereocenters. The van der Waals surface area contributed by atoms with Crippen LogP contribution in [0.1, 0.15) is 23.7 Å². The van der Waals surface area contributed by atoms with Crippen molar-refractivity contribution in [2.45, 2.75) is 18.2 Å². The van der Waals surface area contributed by atoms with Crippen LogP contribution in [0.15, 0.2) is 59.5 Å². The minimum Gasteiger partial charge on any atom is -0.495 e. The van der Waals surface area contributed by atoms with Crippen molar-refractivity contribution in [1.82, 2.24) is 0 Å². The quantitative estimate of drug-likeness (QED) is 0.428. The molecule has 6 nitrogen and oxygen atoms in total. The topological polar surface area (TPSA) is 86.7 Å². The third kappa shape index (κ3) is 4.24. The van der Waals surface area contributed by atoms with Crippen LogP contribution in [0.2, 0.25) is 0 Å². The molecule has 1 unspecified atom stereocenters. The highest BCUT2D eigenvalue weighted by atomic mass is 32.2. The van der Waals surface area contributed by atoms with Gasteiger partial charge in [0.25, 0.3) is 0 Å². The van der Waals surface area contributed by atoms with Crippen molar-refractivity contribution >= 4 is 21.9 Å². The van der Waals surface area contributed by atoms with Crippen molar-refractivity contribution in [1.29, 1.82) is 0 Å². The molecule has 2 rings (SSSR count). The second-order valence-electron chi connectivity index (χ2n) is 5.20. The average Bonchev–Trinajstić information content (AvgIpc) is 2.62. The second-order valence-corrected chi connectivity index (χ2v) is 6.71. The van der Waals surface area contributed by atoms with Gasteiger partial charge in [0.2, 0.25) is 0 Å². The molecule has 0 fully saturated rings. The molecule has 0 spiro atoms. The summed E-state index contributed by atoms with van der Waals surface area (Å²) in [6, 6.07) is 14.0. The molecule has 2 aromatic rings. The molecular formula is C18H18O6S. The van der Waals surface area contributed by atoms with Crippen molar-refractivity contribution in [2.75, 3.05) is 7.11 Å². The molecule has 0 aliphatic carbocycles. The summed E-state index contributed by atoms with van der Waals surface area (Å²) in [5.41, 5.74) is 0.320. The molecule has 0 bridgehead atoms. The minimum atomic E-state index is -4.40. The Kier molecular flexibility index (Phi) is 5.93. The first kappa shape index (κ1) is 18.7. The fraction of sp³-hybridized carbons (Fsp3) is 0.222. The van der Waals surface area contributed by atoms with E-state index in [1.165, 1.54) is 25.3 Å². The number of ether oxygens (including phenoxy) is 1. The zero-order chi connectivity index (χ0) is 18.4. The van der Waals surface area contributed by atoms with Gasteiger partial charge in [0.05, 0.1) is 7.11 Å². The summed E-state index contributed by atoms with van der Waals surface area (Å²) >= 11 is 0. The highest BCUT2D eigenvalue weighted by molar-refractivity contribution is 7.87. The van der Waals surface area contributed by atoms with E-state index in [1.807, 2.05) is 0 Å². The average molecular weight is 362 g/mol. The molecule has 25 heavy (non-hydrogen) atoms. The summed E-state index contributed by atoms with van der Waals surface area (Å²) in [4.78, 5) is 24.5. The fourth-order valence-electron chi connectivity index (χ4n) is 2.30. The lowest BCUT2D eigenvalue weighted by Gasteiger charge is -2.14. The van der Waals surface area contributed by atoms with E-state index in [4.69, 9.17) is 8.92 Å². The van der Waals surface area contributed by atoms with Gasteiger partial charge >= 0.3 is 16.1 Å². The first-order chi connectivity index (χ1) is 11.9. The van der Waals surface area contributed by atoms with E-state index >= 15 is 0 Å². The van der Waals surface area contributed by atoms with E-state index < -0.39 is 27.8 Å². The van der Waals surface area contributed by atoms with E-state index in [0.29, 0.717) is 5.56 Å². The summed E-state index contributed by atoms with van der Waals surface area (Å²) in [7, 11) is -3.09. The van der Waals surface area contributed by atoms with Crippen LogP contribution in [0, 0.1) is 5.92 Å². The molecule has 7 heteroatoms. The van der Waals surface area contributed by atoms with Gasteiger partial charge in [-0.2, -0.15) is 8.42 Å². The molecule has 0 aliphatic rings. The van der Waals surface area contributed by atoms with Gasteiger partial charge in [-0.15, -0.1) is 0 Å². The number of ketones is 1. The van der Waals surface area contributed by atoms with E-state index in [0.717, 1.165) is 0 Å². The third-order valence-corrected chi connectivity index (χ3v) is 4.86. The molecule has 0 amide bonds. The highest BCUT2D eigenvalue weighted by Gasteiger charge is 2.32. The largest absolute Gasteiger partial charge is 0.495 e. The Morgan fingerprint density at radius 2 is 1.60 bits per heavy atom. The normalized spacial score (nSPS) is 12.2. The Balaban J connectivity index is 2.26. The van der Waals surface area contributed by atoms with Gasteiger partial charge in [-0.25, -0.2) is 0 Å². The number of hydrogen-bond acceptors (Lipinski definition) is 6. The summed E-state index contributed by atoms with van der Waals surface area (Å²) in [5.74, 6) is -2.74. The summed E-state index contributed by atoms with van der Waals surface area (Å²) < 4.78 is 34.4. The monoisotopic (exact) mass is 362 g/mol. The standard InChI is InChI=1S/C18H18O6S/c1-3-14(17(19)13-9-5-4-6-10-13)18(20)24-25(21,22)16-12-8-7-11-15(16)23-2/h4-12,14H,3H2,1-2H3. The predicted octanol–water partition coefficient (Wildman–Crippen LogP) is 2.84.